The molecule has 0 saturated carbocycles. The summed E-state index contributed by atoms with van der Waals surface area (Å²) in [7, 11) is -3.91. The first-order valence-corrected chi connectivity index (χ1v) is 9.61. The van der Waals surface area contributed by atoms with Crippen LogP contribution in [0, 0.1) is 13.8 Å². The van der Waals surface area contributed by atoms with Gasteiger partial charge in [0, 0.05) is 5.56 Å². The minimum atomic E-state index is -3.91. The number of aromatic amines is 1. The third kappa shape index (κ3) is 3.47. The van der Waals surface area contributed by atoms with Gasteiger partial charge in [-0.15, -0.1) is 0 Å². The van der Waals surface area contributed by atoms with Crippen molar-refractivity contribution in [3.63, 3.8) is 0 Å². The largest absolute Gasteiger partial charge is 0.342 e. The Balaban J connectivity index is 1.89. The van der Waals surface area contributed by atoms with Gasteiger partial charge in [-0.25, -0.2) is 18.5 Å². The molecule has 0 aliphatic heterocycles. The molecule has 26 heavy (non-hydrogen) atoms. The number of para-hydroxylation sites is 2. The van der Waals surface area contributed by atoms with E-state index in [1.54, 1.807) is 26.8 Å². The zero-order valence-electron chi connectivity index (χ0n) is 14.7. The van der Waals surface area contributed by atoms with Crippen LogP contribution in [0.25, 0.3) is 11.0 Å². The maximum absolute atomic E-state index is 12.6. The van der Waals surface area contributed by atoms with Gasteiger partial charge in [0.2, 0.25) is 10.0 Å². The lowest BCUT2D eigenvalue weighted by Crippen LogP contribution is -2.28. The van der Waals surface area contributed by atoms with E-state index in [1.807, 2.05) is 24.3 Å². The van der Waals surface area contributed by atoms with E-state index in [1.165, 1.54) is 6.07 Å². The van der Waals surface area contributed by atoms with Crippen molar-refractivity contribution in [3.8, 4) is 0 Å². The predicted octanol–water partition coefficient (Wildman–Crippen LogP) is 2.32. The summed E-state index contributed by atoms with van der Waals surface area (Å²) in [4.78, 5) is 20.2. The number of nitrogens with one attached hydrogen (secondary N) is 2. The Morgan fingerprint density at radius 1 is 1.23 bits per heavy atom. The molecule has 4 N–H and O–H groups in total. The number of aromatic nitrogens is 2. The van der Waals surface area contributed by atoms with Gasteiger partial charge in [0.1, 0.15) is 5.82 Å². The van der Waals surface area contributed by atoms with Gasteiger partial charge in [0.25, 0.3) is 5.91 Å². The predicted molar refractivity (Wildman–Crippen MR) is 99.3 cm³/mol. The van der Waals surface area contributed by atoms with Crippen molar-refractivity contribution >= 4 is 27.0 Å². The first-order valence-electron chi connectivity index (χ1n) is 8.06. The highest BCUT2D eigenvalue weighted by Gasteiger charge is 2.19. The van der Waals surface area contributed by atoms with Crippen molar-refractivity contribution < 1.29 is 13.2 Å². The summed E-state index contributed by atoms with van der Waals surface area (Å²) >= 11 is 0. The number of carbonyl (C=O) groups excluding carboxylic acids is 1. The summed E-state index contributed by atoms with van der Waals surface area (Å²) in [5.41, 5.74) is 3.14. The van der Waals surface area contributed by atoms with Crippen molar-refractivity contribution in [2.45, 2.75) is 31.7 Å². The van der Waals surface area contributed by atoms with Gasteiger partial charge >= 0.3 is 0 Å². The van der Waals surface area contributed by atoms with Crippen molar-refractivity contribution in [1.29, 1.82) is 0 Å². The molecule has 0 fully saturated rings. The Morgan fingerprint density at radius 3 is 2.58 bits per heavy atom. The summed E-state index contributed by atoms with van der Waals surface area (Å²) in [5.74, 6) is 0.223. The lowest BCUT2D eigenvalue weighted by atomic mass is 10.1. The van der Waals surface area contributed by atoms with Crippen molar-refractivity contribution in [2.75, 3.05) is 0 Å². The molecule has 0 aliphatic carbocycles. The van der Waals surface area contributed by atoms with Gasteiger partial charge in [-0.2, -0.15) is 0 Å². The standard InChI is InChI=1S/C18H20N4O3S/c1-10-8-13(9-16(11(10)2)26(19,24)25)18(23)20-12(3)17-21-14-6-4-5-7-15(14)22-17/h4-9,12H,1-3H3,(H,20,23)(H,21,22)(H2,19,24,25)/t12-/m0/s1. The number of nitrogens with two attached hydrogens (primary N) is 1. The zero-order chi connectivity index (χ0) is 19.1. The van der Waals surface area contributed by atoms with Crippen LogP contribution in [0.1, 0.15) is 40.3 Å². The van der Waals surface area contributed by atoms with Gasteiger partial charge in [-0.05, 0) is 56.2 Å². The normalized spacial score (nSPS) is 12.9. The maximum Gasteiger partial charge on any atom is 0.251 e. The Kier molecular flexibility index (Phi) is 4.55. The molecular weight excluding hydrogens is 352 g/mol. The summed E-state index contributed by atoms with van der Waals surface area (Å²) in [6.07, 6.45) is 0. The van der Waals surface area contributed by atoms with Crippen LogP contribution in [-0.2, 0) is 10.0 Å². The summed E-state index contributed by atoms with van der Waals surface area (Å²) in [6.45, 7) is 5.20. The second-order valence-electron chi connectivity index (χ2n) is 6.30. The van der Waals surface area contributed by atoms with Crippen LogP contribution in [0.5, 0.6) is 0 Å². The fraction of sp³-hybridized carbons (Fsp3) is 0.222. The van der Waals surface area contributed by atoms with Crippen molar-refractivity contribution in [3.05, 3.63) is 58.9 Å². The fourth-order valence-electron chi connectivity index (χ4n) is 2.78. The van der Waals surface area contributed by atoms with Crippen LogP contribution in [0.15, 0.2) is 41.3 Å². The van der Waals surface area contributed by atoms with E-state index in [0.29, 0.717) is 17.0 Å². The van der Waals surface area contributed by atoms with Gasteiger partial charge in [-0.3, -0.25) is 4.79 Å². The highest BCUT2D eigenvalue weighted by molar-refractivity contribution is 7.89. The molecule has 8 heteroatoms. The second kappa shape index (κ2) is 6.54. The van der Waals surface area contributed by atoms with Crippen LogP contribution < -0.4 is 10.5 Å². The number of fused-ring (bicyclic) bond motifs is 1. The van der Waals surface area contributed by atoms with Gasteiger partial charge in [0.15, 0.2) is 0 Å². The van der Waals surface area contributed by atoms with Crippen molar-refractivity contribution in [1.82, 2.24) is 15.3 Å². The monoisotopic (exact) mass is 372 g/mol. The van der Waals surface area contributed by atoms with E-state index >= 15 is 0 Å². The molecule has 136 valence electrons. The number of sulfonamides is 1. The fourth-order valence-corrected chi connectivity index (χ4v) is 3.66. The van der Waals surface area contributed by atoms with E-state index in [2.05, 4.69) is 15.3 Å². The molecule has 1 heterocycles. The van der Waals surface area contributed by atoms with Crippen molar-refractivity contribution in [2.24, 2.45) is 5.14 Å². The molecule has 0 saturated heterocycles. The Hall–Kier alpha value is -2.71. The number of benzene rings is 2. The highest BCUT2D eigenvalue weighted by Crippen LogP contribution is 2.21. The van der Waals surface area contributed by atoms with E-state index in [-0.39, 0.29) is 16.5 Å². The number of aryl methyl sites for hydroxylation is 1. The number of rotatable bonds is 4. The summed E-state index contributed by atoms with van der Waals surface area (Å²) in [6, 6.07) is 10.1. The number of hydrogen-bond acceptors (Lipinski definition) is 4. The molecule has 1 aromatic heterocycles. The first kappa shape index (κ1) is 18.1. The minimum Gasteiger partial charge on any atom is -0.342 e. The van der Waals surface area contributed by atoms with Gasteiger partial charge < -0.3 is 10.3 Å². The molecule has 7 nitrogen and oxygen atoms in total. The molecule has 0 bridgehead atoms. The number of primary sulfonamides is 1. The average Bonchev–Trinajstić information content (AvgIpc) is 3.00. The molecule has 0 unspecified atom stereocenters. The number of nitrogens with zero attached hydrogens (tertiary/aromatic N) is 1. The minimum absolute atomic E-state index is 0.0426. The Labute approximate surface area is 151 Å². The molecule has 2 aromatic carbocycles. The van der Waals surface area contributed by atoms with Crippen LogP contribution in [0.3, 0.4) is 0 Å². The smallest absolute Gasteiger partial charge is 0.251 e. The van der Waals surface area contributed by atoms with E-state index in [4.69, 9.17) is 5.14 Å². The SMILES string of the molecule is Cc1cc(C(=O)N[C@@H](C)c2nc3ccccc3[nH]2)cc(S(N)(=O)=O)c1C. The van der Waals surface area contributed by atoms with Crippen LogP contribution in [0.4, 0.5) is 0 Å². The number of imidazole rings is 1. The Bertz CT molecular complexity index is 1070. The van der Waals surface area contributed by atoms with Gasteiger partial charge in [-0.1, -0.05) is 12.1 Å². The summed E-state index contributed by atoms with van der Waals surface area (Å²) in [5, 5.41) is 8.09. The molecular formula is C18H20N4O3S. The quantitative estimate of drug-likeness (QED) is 0.651. The maximum atomic E-state index is 12.6. The topological polar surface area (TPSA) is 118 Å². The van der Waals surface area contributed by atoms with E-state index in [9.17, 15) is 13.2 Å². The number of H-pyrrole nitrogens is 1. The van der Waals surface area contributed by atoms with Crippen LogP contribution in [-0.4, -0.2) is 24.3 Å². The number of hydrogen-bond donors (Lipinski definition) is 3. The highest BCUT2D eigenvalue weighted by atomic mass is 32.2. The molecule has 3 rings (SSSR count). The van der Waals surface area contributed by atoms with Crippen LogP contribution >= 0.6 is 0 Å². The third-order valence-electron chi connectivity index (χ3n) is 4.35. The van der Waals surface area contributed by atoms with Gasteiger partial charge in [0.05, 0.1) is 22.0 Å². The van der Waals surface area contributed by atoms with Crippen LogP contribution in [0.2, 0.25) is 0 Å². The first-order chi connectivity index (χ1) is 12.2. The average molecular weight is 372 g/mol. The Morgan fingerprint density at radius 2 is 1.92 bits per heavy atom. The lowest BCUT2D eigenvalue weighted by Gasteiger charge is -2.14. The van der Waals surface area contributed by atoms with E-state index < -0.39 is 15.9 Å². The zero-order valence-corrected chi connectivity index (χ0v) is 15.5. The molecule has 1 amide bonds. The number of carbonyl (C=O) groups is 1. The molecule has 3 aromatic rings. The summed E-state index contributed by atoms with van der Waals surface area (Å²) < 4.78 is 23.5. The molecule has 0 radical (unpaired) electrons. The van der Waals surface area contributed by atoms with E-state index in [0.717, 1.165) is 11.0 Å². The molecule has 1 atom stereocenters. The number of amides is 1. The molecule has 0 aliphatic rings. The lowest BCUT2D eigenvalue weighted by molar-refractivity contribution is 0.0938. The second-order valence-corrected chi connectivity index (χ2v) is 7.83. The third-order valence-corrected chi connectivity index (χ3v) is 5.39. The molecule has 0 spiro atoms.